The summed E-state index contributed by atoms with van der Waals surface area (Å²) < 4.78 is 0.852. The second kappa shape index (κ2) is 5.46. The molecule has 4 N–H and O–H groups in total. The molecule has 98 valence electrons. The summed E-state index contributed by atoms with van der Waals surface area (Å²) in [4.78, 5) is 14.7. The fraction of sp³-hybridized carbons (Fsp3) is 0. The molecule has 0 atom stereocenters. The van der Waals surface area contributed by atoms with Crippen LogP contribution in [0.5, 0.6) is 0 Å². The molecule has 2 rings (SSSR count). The molecule has 1 heterocycles. The van der Waals surface area contributed by atoms with E-state index in [0.717, 1.165) is 4.47 Å². The molecular weight excluding hydrogens is 334 g/mol. The molecule has 0 radical (unpaired) electrons. The molecule has 1 aromatic heterocycles. The number of anilines is 3. The average Bonchev–Trinajstić information content (AvgIpc) is 2.34. The van der Waals surface area contributed by atoms with Crippen LogP contribution in [0.4, 0.5) is 17.2 Å². The van der Waals surface area contributed by atoms with Gasteiger partial charge in [-0.15, -0.1) is 0 Å². The first-order valence-corrected chi connectivity index (χ1v) is 6.35. The summed E-state index contributed by atoms with van der Waals surface area (Å²) in [5, 5.41) is 12.3. The van der Waals surface area contributed by atoms with Crippen molar-refractivity contribution in [3.63, 3.8) is 0 Å². The highest BCUT2D eigenvalue weighted by atomic mass is 79.9. The maximum absolute atomic E-state index is 10.8. The van der Waals surface area contributed by atoms with Crippen molar-refractivity contribution >= 4 is 50.7 Å². The number of benzene rings is 1. The largest absolute Gasteiger partial charge is 0.478 e. The number of carboxylic acids is 1. The number of aromatic nitrogens is 1. The third-order valence-electron chi connectivity index (χ3n) is 2.35. The van der Waals surface area contributed by atoms with Gasteiger partial charge in [0.15, 0.2) is 5.82 Å². The van der Waals surface area contributed by atoms with Gasteiger partial charge in [0.25, 0.3) is 0 Å². The zero-order chi connectivity index (χ0) is 14.0. The lowest BCUT2D eigenvalue weighted by Gasteiger charge is -2.10. The molecule has 1 aromatic carbocycles. The number of nitrogens with one attached hydrogen (secondary N) is 1. The minimum atomic E-state index is -1.08. The summed E-state index contributed by atoms with van der Waals surface area (Å²) in [5.74, 6) is -0.721. The number of aromatic carboxylic acids is 1. The Morgan fingerprint density at radius 3 is 2.74 bits per heavy atom. The van der Waals surface area contributed by atoms with Gasteiger partial charge in [-0.3, -0.25) is 0 Å². The molecule has 0 fully saturated rings. The Morgan fingerprint density at radius 1 is 1.42 bits per heavy atom. The molecule has 0 saturated carbocycles. The van der Waals surface area contributed by atoms with Crippen molar-refractivity contribution in [1.29, 1.82) is 0 Å². The predicted molar refractivity (Wildman–Crippen MR) is 78.0 cm³/mol. The molecule has 0 aliphatic heterocycles. The molecule has 0 aliphatic carbocycles. The van der Waals surface area contributed by atoms with Crippen LogP contribution in [0.2, 0.25) is 5.02 Å². The van der Waals surface area contributed by atoms with Gasteiger partial charge in [0.2, 0.25) is 0 Å². The third kappa shape index (κ3) is 3.15. The molecule has 0 spiro atoms. The zero-order valence-electron chi connectivity index (χ0n) is 9.52. The summed E-state index contributed by atoms with van der Waals surface area (Å²) in [7, 11) is 0. The van der Waals surface area contributed by atoms with Gasteiger partial charge in [0, 0.05) is 10.7 Å². The zero-order valence-corrected chi connectivity index (χ0v) is 11.9. The maximum atomic E-state index is 10.8. The van der Waals surface area contributed by atoms with Crippen LogP contribution < -0.4 is 11.1 Å². The van der Waals surface area contributed by atoms with E-state index < -0.39 is 5.97 Å². The highest BCUT2D eigenvalue weighted by Crippen LogP contribution is 2.29. The lowest BCUT2D eigenvalue weighted by molar-refractivity contribution is 0.0696. The molecule has 0 saturated heterocycles. The normalized spacial score (nSPS) is 10.2. The van der Waals surface area contributed by atoms with E-state index >= 15 is 0 Å². The van der Waals surface area contributed by atoms with Crippen molar-refractivity contribution in [2.24, 2.45) is 0 Å². The van der Waals surface area contributed by atoms with E-state index in [1.165, 1.54) is 12.3 Å². The van der Waals surface area contributed by atoms with Gasteiger partial charge in [-0.25, -0.2) is 9.78 Å². The van der Waals surface area contributed by atoms with Gasteiger partial charge < -0.3 is 16.2 Å². The first-order chi connectivity index (χ1) is 8.97. The third-order valence-corrected chi connectivity index (χ3v) is 3.15. The Hall–Kier alpha value is -1.79. The Labute approximate surface area is 122 Å². The number of halogens is 2. The first kappa shape index (κ1) is 13.6. The van der Waals surface area contributed by atoms with Gasteiger partial charge in [-0.1, -0.05) is 27.5 Å². The molecule has 5 nitrogen and oxygen atoms in total. The van der Waals surface area contributed by atoms with E-state index in [4.69, 9.17) is 22.4 Å². The number of nitrogens with zero attached hydrogens (tertiary/aromatic N) is 1. The summed E-state index contributed by atoms with van der Waals surface area (Å²) in [6.45, 7) is 0. The molecule has 2 aromatic rings. The highest BCUT2D eigenvalue weighted by Gasteiger charge is 2.09. The Bertz CT molecular complexity index is 649. The molecule has 0 amide bonds. The van der Waals surface area contributed by atoms with Crippen LogP contribution in [-0.4, -0.2) is 16.1 Å². The number of carbonyl (C=O) groups is 1. The van der Waals surface area contributed by atoms with Crippen molar-refractivity contribution in [2.45, 2.75) is 0 Å². The van der Waals surface area contributed by atoms with Crippen molar-refractivity contribution in [3.8, 4) is 0 Å². The van der Waals surface area contributed by atoms with Crippen molar-refractivity contribution in [2.75, 3.05) is 11.1 Å². The predicted octanol–water partition coefficient (Wildman–Crippen LogP) is 3.52. The van der Waals surface area contributed by atoms with E-state index in [0.29, 0.717) is 16.5 Å². The maximum Gasteiger partial charge on any atom is 0.337 e. The lowest BCUT2D eigenvalue weighted by atomic mass is 10.2. The topological polar surface area (TPSA) is 88.2 Å². The van der Waals surface area contributed by atoms with E-state index in [-0.39, 0.29) is 11.3 Å². The number of rotatable bonds is 3. The minimum absolute atomic E-state index is 0.0324. The molecule has 0 unspecified atom stereocenters. The number of nitrogen functional groups attached to an aromatic ring is 1. The number of pyridine rings is 1. The van der Waals surface area contributed by atoms with E-state index in [1.54, 1.807) is 12.1 Å². The standard InChI is InChI=1S/C12H9BrClN3O2/c13-7-1-2-10(8(14)4-7)17-11-9(15)3-6(5-16-11)12(18)19/h1-5H,15H2,(H,16,17)(H,18,19). The second-order valence-electron chi connectivity index (χ2n) is 3.72. The number of nitrogens with two attached hydrogens (primary N) is 1. The van der Waals surface area contributed by atoms with Crippen LogP contribution in [0.25, 0.3) is 0 Å². The van der Waals surface area contributed by atoms with Crippen molar-refractivity contribution < 1.29 is 9.90 Å². The highest BCUT2D eigenvalue weighted by molar-refractivity contribution is 9.10. The van der Waals surface area contributed by atoms with Gasteiger partial charge in [0.05, 0.1) is 22.0 Å². The van der Waals surface area contributed by atoms with Gasteiger partial charge in [-0.2, -0.15) is 0 Å². The van der Waals surface area contributed by atoms with E-state index in [2.05, 4.69) is 26.2 Å². The van der Waals surface area contributed by atoms with Crippen LogP contribution in [0.15, 0.2) is 34.9 Å². The van der Waals surface area contributed by atoms with Gasteiger partial charge in [-0.05, 0) is 24.3 Å². The van der Waals surface area contributed by atoms with Gasteiger partial charge in [0.1, 0.15) is 0 Å². The number of carboxylic acid groups (broad SMARTS) is 1. The average molecular weight is 343 g/mol. The monoisotopic (exact) mass is 341 g/mol. The van der Waals surface area contributed by atoms with E-state index in [9.17, 15) is 4.79 Å². The van der Waals surface area contributed by atoms with Crippen LogP contribution in [0.3, 0.4) is 0 Å². The van der Waals surface area contributed by atoms with Crippen LogP contribution >= 0.6 is 27.5 Å². The van der Waals surface area contributed by atoms with Crippen LogP contribution in [-0.2, 0) is 0 Å². The van der Waals surface area contributed by atoms with Gasteiger partial charge >= 0.3 is 5.97 Å². The SMILES string of the molecule is Nc1cc(C(=O)O)cnc1Nc1ccc(Br)cc1Cl. The first-order valence-electron chi connectivity index (χ1n) is 5.18. The molecule has 7 heteroatoms. The van der Waals surface area contributed by atoms with Crippen molar-refractivity contribution in [1.82, 2.24) is 4.98 Å². The van der Waals surface area contributed by atoms with Crippen molar-refractivity contribution in [3.05, 3.63) is 45.5 Å². The summed E-state index contributed by atoms with van der Waals surface area (Å²) in [6.07, 6.45) is 1.23. The fourth-order valence-corrected chi connectivity index (χ4v) is 2.14. The van der Waals surface area contributed by atoms with Crippen LogP contribution in [0.1, 0.15) is 10.4 Å². The smallest absolute Gasteiger partial charge is 0.337 e. The number of hydrogen-bond donors (Lipinski definition) is 3. The summed E-state index contributed by atoms with van der Waals surface area (Å²) in [5.41, 5.74) is 6.65. The minimum Gasteiger partial charge on any atom is -0.478 e. The Balaban J connectivity index is 2.31. The fourth-order valence-electron chi connectivity index (χ4n) is 1.42. The number of hydrogen-bond acceptors (Lipinski definition) is 4. The quantitative estimate of drug-likeness (QED) is 0.794. The molecular formula is C12H9BrClN3O2. The summed E-state index contributed by atoms with van der Waals surface area (Å²) in [6, 6.07) is 6.64. The summed E-state index contributed by atoms with van der Waals surface area (Å²) >= 11 is 9.36. The Morgan fingerprint density at radius 2 is 2.16 bits per heavy atom. The van der Waals surface area contributed by atoms with Crippen LogP contribution in [0, 0.1) is 0 Å². The molecule has 0 bridgehead atoms. The molecule has 0 aliphatic rings. The second-order valence-corrected chi connectivity index (χ2v) is 5.04. The lowest BCUT2D eigenvalue weighted by Crippen LogP contribution is -2.04. The van der Waals surface area contributed by atoms with E-state index in [1.807, 2.05) is 6.07 Å². The Kier molecular flexibility index (Phi) is 3.92. The molecule has 19 heavy (non-hydrogen) atoms.